The van der Waals surface area contributed by atoms with E-state index in [1.165, 1.54) is 7.11 Å². The summed E-state index contributed by atoms with van der Waals surface area (Å²) in [5, 5.41) is 6.76. The Morgan fingerprint density at radius 2 is 2.37 bits per heavy atom. The fraction of sp³-hybridized carbons (Fsp3) is 0.923. The van der Waals surface area contributed by atoms with Gasteiger partial charge in [-0.1, -0.05) is 31.8 Å². The zero-order chi connectivity index (χ0) is 14.3. The van der Waals surface area contributed by atoms with Gasteiger partial charge in [-0.05, 0) is 30.2 Å². The minimum atomic E-state index is -0.604. The zero-order valence-electron chi connectivity index (χ0n) is 12.1. The molecular formula is C13H24N4O2. The van der Waals surface area contributed by atoms with E-state index in [1.807, 2.05) is 0 Å². The summed E-state index contributed by atoms with van der Waals surface area (Å²) < 4.78 is 4.97. The van der Waals surface area contributed by atoms with Gasteiger partial charge in [0.1, 0.15) is 5.54 Å². The molecule has 0 saturated heterocycles. The summed E-state index contributed by atoms with van der Waals surface area (Å²) in [5.74, 6) is 0.891. The maximum Gasteiger partial charge on any atom is 0.326 e. The largest absolute Gasteiger partial charge is 0.468 e. The van der Waals surface area contributed by atoms with Crippen LogP contribution in [0.4, 0.5) is 0 Å². The van der Waals surface area contributed by atoms with Crippen LogP contribution in [0.3, 0.4) is 0 Å². The maximum atomic E-state index is 12.1. The van der Waals surface area contributed by atoms with Crippen molar-refractivity contribution in [1.29, 1.82) is 0 Å². The number of ether oxygens (including phenoxy) is 1. The monoisotopic (exact) mass is 268 g/mol. The molecule has 0 aromatic heterocycles. The van der Waals surface area contributed by atoms with Gasteiger partial charge in [-0.3, -0.25) is 4.79 Å². The van der Waals surface area contributed by atoms with E-state index in [2.05, 4.69) is 29.2 Å². The number of carbonyl (C=O) groups excluding carboxylic acids is 1. The highest BCUT2D eigenvalue weighted by Crippen LogP contribution is 2.37. The van der Waals surface area contributed by atoms with Gasteiger partial charge in [-0.15, -0.1) is 0 Å². The molecule has 0 bridgehead atoms. The SMILES string of the molecule is COC(=O)C1(NCCN=[N+]=[N-])CCCC(C(C)C)C1. The number of esters is 1. The molecule has 0 aromatic rings. The summed E-state index contributed by atoms with van der Waals surface area (Å²) >= 11 is 0. The van der Waals surface area contributed by atoms with E-state index in [9.17, 15) is 4.79 Å². The lowest BCUT2D eigenvalue weighted by atomic mass is 9.71. The summed E-state index contributed by atoms with van der Waals surface area (Å²) in [7, 11) is 1.43. The van der Waals surface area contributed by atoms with Crippen molar-refractivity contribution in [1.82, 2.24) is 5.32 Å². The molecule has 108 valence electrons. The third-order valence-corrected chi connectivity index (χ3v) is 4.05. The lowest BCUT2D eigenvalue weighted by molar-refractivity contribution is -0.151. The van der Waals surface area contributed by atoms with Crippen LogP contribution in [0, 0.1) is 11.8 Å². The highest BCUT2D eigenvalue weighted by Gasteiger charge is 2.43. The highest BCUT2D eigenvalue weighted by molar-refractivity contribution is 5.81. The van der Waals surface area contributed by atoms with Crippen molar-refractivity contribution in [3.05, 3.63) is 10.4 Å². The fourth-order valence-electron chi connectivity index (χ4n) is 2.89. The normalized spacial score (nSPS) is 26.8. The molecule has 1 aliphatic rings. The van der Waals surface area contributed by atoms with Crippen molar-refractivity contribution in [3.63, 3.8) is 0 Å². The summed E-state index contributed by atoms with van der Waals surface area (Å²) in [6, 6.07) is 0. The number of azide groups is 1. The number of hydrogen-bond donors (Lipinski definition) is 1. The van der Waals surface area contributed by atoms with Crippen LogP contribution < -0.4 is 5.32 Å². The Labute approximate surface area is 114 Å². The Morgan fingerprint density at radius 1 is 1.63 bits per heavy atom. The van der Waals surface area contributed by atoms with E-state index < -0.39 is 5.54 Å². The van der Waals surface area contributed by atoms with E-state index in [-0.39, 0.29) is 5.97 Å². The van der Waals surface area contributed by atoms with Crippen LogP contribution in [0.15, 0.2) is 5.11 Å². The molecule has 2 unspecified atom stereocenters. The van der Waals surface area contributed by atoms with Crippen LogP contribution in [0.1, 0.15) is 39.5 Å². The minimum absolute atomic E-state index is 0.196. The molecule has 6 heteroatoms. The zero-order valence-corrected chi connectivity index (χ0v) is 12.1. The Balaban J connectivity index is 2.74. The van der Waals surface area contributed by atoms with Gasteiger partial charge in [0.25, 0.3) is 0 Å². The van der Waals surface area contributed by atoms with Crippen LogP contribution in [0.2, 0.25) is 0 Å². The second-order valence-electron chi connectivity index (χ2n) is 5.56. The standard InChI is InChI=1S/C13H24N4O2/c1-10(2)11-5-4-6-13(9-11,12(18)19-3)15-7-8-16-17-14/h10-11,15H,4-9H2,1-3H3. The smallest absolute Gasteiger partial charge is 0.326 e. The minimum Gasteiger partial charge on any atom is -0.468 e. The molecule has 19 heavy (non-hydrogen) atoms. The van der Waals surface area contributed by atoms with Crippen LogP contribution in [-0.4, -0.2) is 31.7 Å². The molecule has 0 heterocycles. The van der Waals surface area contributed by atoms with Crippen LogP contribution in [0.5, 0.6) is 0 Å². The quantitative estimate of drug-likeness (QED) is 0.264. The average molecular weight is 268 g/mol. The average Bonchev–Trinajstić information content (AvgIpc) is 2.43. The summed E-state index contributed by atoms with van der Waals surface area (Å²) in [6.07, 6.45) is 3.77. The van der Waals surface area contributed by atoms with E-state index in [0.717, 1.165) is 25.7 Å². The van der Waals surface area contributed by atoms with Gasteiger partial charge in [0, 0.05) is 18.0 Å². The Morgan fingerprint density at radius 3 is 2.95 bits per heavy atom. The van der Waals surface area contributed by atoms with Gasteiger partial charge in [0.15, 0.2) is 0 Å². The summed E-state index contributed by atoms with van der Waals surface area (Å²) in [4.78, 5) is 14.9. The summed E-state index contributed by atoms with van der Waals surface area (Å²) in [6.45, 7) is 5.24. The second kappa shape index (κ2) is 7.36. The molecule has 0 radical (unpaired) electrons. The first-order chi connectivity index (χ1) is 9.05. The van der Waals surface area contributed by atoms with Crippen LogP contribution in [-0.2, 0) is 9.53 Å². The Bertz CT molecular complexity index is 353. The van der Waals surface area contributed by atoms with Crippen molar-refractivity contribution in [2.24, 2.45) is 17.0 Å². The molecule has 0 amide bonds. The number of methoxy groups -OCH3 is 1. The molecule has 1 N–H and O–H groups in total. The van der Waals surface area contributed by atoms with E-state index in [0.29, 0.717) is 24.9 Å². The van der Waals surface area contributed by atoms with Crippen molar-refractivity contribution >= 4 is 5.97 Å². The van der Waals surface area contributed by atoms with Gasteiger partial charge in [0.2, 0.25) is 0 Å². The van der Waals surface area contributed by atoms with Crippen molar-refractivity contribution < 1.29 is 9.53 Å². The third-order valence-electron chi connectivity index (χ3n) is 4.05. The molecule has 0 aliphatic heterocycles. The van der Waals surface area contributed by atoms with Crippen molar-refractivity contribution in [2.45, 2.75) is 45.1 Å². The lowest BCUT2D eigenvalue weighted by Crippen LogP contribution is -2.56. The molecule has 2 atom stereocenters. The first-order valence-corrected chi connectivity index (χ1v) is 6.90. The van der Waals surface area contributed by atoms with Crippen LogP contribution in [0.25, 0.3) is 10.4 Å². The van der Waals surface area contributed by atoms with Crippen molar-refractivity contribution in [2.75, 3.05) is 20.2 Å². The number of rotatable bonds is 6. The van der Waals surface area contributed by atoms with E-state index >= 15 is 0 Å². The third kappa shape index (κ3) is 4.11. The molecule has 1 fully saturated rings. The molecule has 6 nitrogen and oxygen atoms in total. The van der Waals surface area contributed by atoms with E-state index in [4.69, 9.17) is 10.3 Å². The highest BCUT2D eigenvalue weighted by atomic mass is 16.5. The maximum absolute atomic E-state index is 12.1. The number of nitrogens with one attached hydrogen (secondary N) is 1. The van der Waals surface area contributed by atoms with Crippen LogP contribution >= 0.6 is 0 Å². The predicted octanol–water partition coefficient (Wildman–Crippen LogP) is 2.64. The summed E-state index contributed by atoms with van der Waals surface area (Å²) in [5.41, 5.74) is 7.67. The number of nitrogens with zero attached hydrogens (tertiary/aromatic N) is 3. The lowest BCUT2D eigenvalue weighted by Gasteiger charge is -2.40. The van der Waals surface area contributed by atoms with Gasteiger partial charge >= 0.3 is 5.97 Å². The molecular weight excluding hydrogens is 244 g/mol. The van der Waals surface area contributed by atoms with Gasteiger partial charge in [-0.25, -0.2) is 0 Å². The molecule has 0 aromatic carbocycles. The van der Waals surface area contributed by atoms with Gasteiger partial charge in [-0.2, -0.15) is 0 Å². The number of carbonyl (C=O) groups is 1. The molecule has 1 rings (SSSR count). The van der Waals surface area contributed by atoms with E-state index in [1.54, 1.807) is 0 Å². The molecule has 0 spiro atoms. The topological polar surface area (TPSA) is 87.1 Å². The molecule has 1 aliphatic carbocycles. The first kappa shape index (κ1) is 15.8. The Kier molecular flexibility index (Phi) is 6.12. The number of hydrogen-bond acceptors (Lipinski definition) is 4. The fourth-order valence-corrected chi connectivity index (χ4v) is 2.89. The van der Waals surface area contributed by atoms with Gasteiger partial charge in [0.05, 0.1) is 7.11 Å². The Hall–Kier alpha value is -1.26. The van der Waals surface area contributed by atoms with Gasteiger partial charge < -0.3 is 10.1 Å². The first-order valence-electron chi connectivity index (χ1n) is 6.90. The predicted molar refractivity (Wildman–Crippen MR) is 73.6 cm³/mol. The second-order valence-corrected chi connectivity index (χ2v) is 5.56. The van der Waals surface area contributed by atoms with Crippen molar-refractivity contribution in [3.8, 4) is 0 Å². The molecule has 1 saturated carbocycles.